The molecule has 1 N–H and O–H groups in total. The van der Waals surface area contributed by atoms with Gasteiger partial charge in [-0.3, -0.25) is 4.79 Å². The largest absolute Gasteiger partial charge is 0.484 e. The third-order valence-corrected chi connectivity index (χ3v) is 5.51. The summed E-state index contributed by atoms with van der Waals surface area (Å²) < 4.78 is 24.3. The molecule has 0 radical (unpaired) electrons. The maximum Gasteiger partial charge on any atom is 0.287 e. The van der Waals surface area contributed by atoms with E-state index >= 15 is 0 Å². The van der Waals surface area contributed by atoms with Crippen molar-refractivity contribution in [3.05, 3.63) is 52.7 Å². The Morgan fingerprint density at radius 3 is 2.44 bits per heavy atom. The highest BCUT2D eigenvalue weighted by Gasteiger charge is 2.17. The third kappa shape index (κ3) is 9.21. The minimum absolute atomic E-state index is 0.00794. The molecule has 1 aromatic heterocycles. The molecule has 1 unspecified atom stereocenters. The maximum absolute atomic E-state index is 13.1. The zero-order valence-corrected chi connectivity index (χ0v) is 20.2. The Morgan fingerprint density at radius 2 is 1.81 bits per heavy atom. The molecule has 0 saturated heterocycles. The predicted octanol–water partition coefficient (Wildman–Crippen LogP) is 6.45. The summed E-state index contributed by atoms with van der Waals surface area (Å²) >= 11 is 5.97. The van der Waals surface area contributed by atoms with E-state index in [0.717, 1.165) is 19.6 Å². The number of unbranched alkanes of at least 4 members (excludes halogenated alkanes) is 4. The van der Waals surface area contributed by atoms with Crippen LogP contribution in [0.15, 0.2) is 34.7 Å². The molecule has 0 fully saturated rings. The Hall–Kier alpha value is -2.05. The van der Waals surface area contributed by atoms with Gasteiger partial charge in [0.05, 0.1) is 5.02 Å². The van der Waals surface area contributed by atoms with Crippen LogP contribution in [-0.4, -0.2) is 36.5 Å². The minimum Gasteiger partial charge on any atom is -0.484 e. The van der Waals surface area contributed by atoms with E-state index in [1.165, 1.54) is 56.7 Å². The molecule has 1 heterocycles. The second-order valence-corrected chi connectivity index (χ2v) is 8.63. The molecule has 178 valence electrons. The predicted molar refractivity (Wildman–Crippen MR) is 127 cm³/mol. The average molecular weight is 467 g/mol. The number of amides is 1. The monoisotopic (exact) mass is 466 g/mol. The molecule has 2 aromatic rings. The van der Waals surface area contributed by atoms with Gasteiger partial charge >= 0.3 is 0 Å². The number of nitrogens with zero attached hydrogens (tertiary/aromatic N) is 1. The van der Waals surface area contributed by atoms with Crippen molar-refractivity contribution in [2.24, 2.45) is 0 Å². The van der Waals surface area contributed by atoms with Crippen molar-refractivity contribution in [3.63, 3.8) is 0 Å². The van der Waals surface area contributed by atoms with Crippen LogP contribution in [0.3, 0.4) is 0 Å². The van der Waals surface area contributed by atoms with Gasteiger partial charge in [-0.1, -0.05) is 51.1 Å². The molecule has 5 nitrogen and oxygen atoms in total. The summed E-state index contributed by atoms with van der Waals surface area (Å²) in [5.41, 5.74) is 0. The molecule has 0 aliphatic heterocycles. The Morgan fingerprint density at radius 1 is 1.12 bits per heavy atom. The van der Waals surface area contributed by atoms with Gasteiger partial charge in [0, 0.05) is 12.6 Å². The van der Waals surface area contributed by atoms with Crippen molar-refractivity contribution < 1.29 is 18.3 Å². The quantitative estimate of drug-likeness (QED) is 0.306. The number of halogens is 2. The zero-order valence-electron chi connectivity index (χ0n) is 19.5. The summed E-state index contributed by atoms with van der Waals surface area (Å²) in [5.74, 6) is 0.414. The Kier molecular flexibility index (Phi) is 11.6. The summed E-state index contributed by atoms with van der Waals surface area (Å²) in [6.07, 6.45) is 7.22. The van der Waals surface area contributed by atoms with Crippen LogP contribution in [0, 0.1) is 5.82 Å². The van der Waals surface area contributed by atoms with Crippen LogP contribution in [0.2, 0.25) is 5.02 Å². The van der Waals surface area contributed by atoms with Gasteiger partial charge in [0.15, 0.2) is 5.76 Å². The Balaban J connectivity index is 1.84. The lowest BCUT2D eigenvalue weighted by molar-refractivity contribution is 0.0896. The van der Waals surface area contributed by atoms with E-state index in [1.54, 1.807) is 12.1 Å². The van der Waals surface area contributed by atoms with Gasteiger partial charge in [0.25, 0.3) is 5.91 Å². The van der Waals surface area contributed by atoms with Gasteiger partial charge in [-0.25, -0.2) is 4.39 Å². The number of rotatable bonds is 15. The Bertz CT molecular complexity index is 817. The molecule has 2 rings (SSSR count). The molecule has 0 aliphatic carbocycles. The smallest absolute Gasteiger partial charge is 0.287 e. The van der Waals surface area contributed by atoms with Crippen molar-refractivity contribution in [1.82, 2.24) is 10.2 Å². The van der Waals surface area contributed by atoms with Crippen molar-refractivity contribution >= 4 is 17.5 Å². The van der Waals surface area contributed by atoms with Crippen molar-refractivity contribution in [2.75, 3.05) is 19.6 Å². The second-order valence-electron chi connectivity index (χ2n) is 8.22. The number of hydrogen-bond acceptors (Lipinski definition) is 4. The maximum atomic E-state index is 13.1. The lowest BCUT2D eigenvalue weighted by Crippen LogP contribution is -2.42. The number of benzene rings is 1. The molecule has 0 aliphatic rings. The van der Waals surface area contributed by atoms with Gasteiger partial charge in [0.2, 0.25) is 0 Å². The summed E-state index contributed by atoms with van der Waals surface area (Å²) in [6, 6.07) is 7.26. The van der Waals surface area contributed by atoms with Crippen LogP contribution in [-0.2, 0) is 6.61 Å². The highest BCUT2D eigenvalue weighted by Crippen LogP contribution is 2.26. The topological polar surface area (TPSA) is 54.7 Å². The SMILES string of the molecule is CCCCCN(CCCCC)CC(C)NC(=O)c1ccc(COc2ccc(F)cc2Cl)o1. The highest BCUT2D eigenvalue weighted by molar-refractivity contribution is 6.32. The number of ether oxygens (including phenoxy) is 1. The van der Waals surface area contributed by atoms with Crippen molar-refractivity contribution in [2.45, 2.75) is 71.9 Å². The van der Waals surface area contributed by atoms with Gasteiger partial charge in [-0.15, -0.1) is 0 Å². The van der Waals surface area contributed by atoms with Crippen LogP contribution >= 0.6 is 11.6 Å². The average Bonchev–Trinajstić information content (AvgIpc) is 3.22. The van der Waals surface area contributed by atoms with E-state index in [2.05, 4.69) is 24.1 Å². The first-order valence-electron chi connectivity index (χ1n) is 11.6. The van der Waals surface area contributed by atoms with Crippen molar-refractivity contribution in [3.8, 4) is 5.75 Å². The first-order chi connectivity index (χ1) is 15.4. The van der Waals surface area contributed by atoms with Crippen LogP contribution < -0.4 is 10.1 Å². The highest BCUT2D eigenvalue weighted by atomic mass is 35.5. The van der Waals surface area contributed by atoms with Gasteiger partial charge in [-0.2, -0.15) is 0 Å². The molecule has 1 aromatic carbocycles. The van der Waals surface area contributed by atoms with E-state index in [4.69, 9.17) is 20.8 Å². The normalized spacial score (nSPS) is 12.2. The third-order valence-electron chi connectivity index (χ3n) is 5.21. The summed E-state index contributed by atoms with van der Waals surface area (Å²) in [6.45, 7) is 9.48. The fourth-order valence-electron chi connectivity index (χ4n) is 3.51. The van der Waals surface area contributed by atoms with Crippen LogP contribution in [0.4, 0.5) is 4.39 Å². The van der Waals surface area contributed by atoms with E-state index in [0.29, 0.717) is 11.5 Å². The fourth-order valence-corrected chi connectivity index (χ4v) is 3.73. The lowest BCUT2D eigenvalue weighted by atomic mass is 10.2. The molecule has 7 heteroatoms. The standard InChI is InChI=1S/C25H36ClFN2O3/c1-4-6-8-14-29(15-9-7-5-2)17-19(3)28-25(30)24-13-11-21(32-24)18-31-23-12-10-20(27)16-22(23)26/h10-13,16,19H,4-9,14-15,17-18H2,1-3H3,(H,28,30). The van der Waals surface area contributed by atoms with E-state index in [9.17, 15) is 9.18 Å². The number of nitrogens with one attached hydrogen (secondary N) is 1. The fraction of sp³-hybridized carbons (Fsp3) is 0.560. The summed E-state index contributed by atoms with van der Waals surface area (Å²) in [7, 11) is 0. The first kappa shape index (κ1) is 26.2. The van der Waals surface area contributed by atoms with Crippen LogP contribution in [0.5, 0.6) is 5.75 Å². The van der Waals surface area contributed by atoms with Crippen molar-refractivity contribution in [1.29, 1.82) is 0 Å². The van der Waals surface area contributed by atoms with E-state index in [1.807, 2.05) is 6.92 Å². The van der Waals surface area contributed by atoms with Crippen LogP contribution in [0.1, 0.15) is 75.6 Å². The minimum atomic E-state index is -0.428. The molecule has 32 heavy (non-hydrogen) atoms. The molecular weight excluding hydrogens is 431 g/mol. The molecule has 0 saturated carbocycles. The first-order valence-corrected chi connectivity index (χ1v) is 12.0. The Labute approximate surface area is 196 Å². The number of carbonyl (C=O) groups is 1. The zero-order chi connectivity index (χ0) is 23.3. The number of furan rings is 1. The van der Waals surface area contributed by atoms with Gasteiger partial charge in [0.1, 0.15) is 23.9 Å². The van der Waals surface area contributed by atoms with E-state index < -0.39 is 5.82 Å². The summed E-state index contributed by atoms with van der Waals surface area (Å²) in [4.78, 5) is 15.1. The second kappa shape index (κ2) is 14.2. The molecule has 0 spiro atoms. The van der Waals surface area contributed by atoms with Crippen LogP contribution in [0.25, 0.3) is 0 Å². The number of hydrogen-bond donors (Lipinski definition) is 1. The number of carbonyl (C=O) groups excluding carboxylic acids is 1. The summed E-state index contributed by atoms with van der Waals surface area (Å²) in [5, 5.41) is 3.22. The lowest BCUT2D eigenvalue weighted by Gasteiger charge is -2.26. The molecule has 0 bridgehead atoms. The molecular formula is C25H36ClFN2O3. The van der Waals surface area contributed by atoms with E-state index in [-0.39, 0.29) is 29.3 Å². The van der Waals surface area contributed by atoms with Gasteiger partial charge in [-0.05, 0) is 63.2 Å². The molecule has 1 amide bonds. The molecule has 1 atom stereocenters. The van der Waals surface area contributed by atoms with Gasteiger partial charge < -0.3 is 19.4 Å².